The highest BCUT2D eigenvalue weighted by molar-refractivity contribution is 7.21. The zero-order valence-corrected chi connectivity index (χ0v) is 18.0. The number of ether oxygens (including phenoxy) is 1. The highest BCUT2D eigenvalue weighted by atomic mass is 35.5. The molecule has 0 radical (unpaired) electrons. The summed E-state index contributed by atoms with van der Waals surface area (Å²) in [6, 6.07) is 21.6. The molecule has 0 aliphatic heterocycles. The first-order valence-electron chi connectivity index (χ1n) is 9.40. The van der Waals surface area contributed by atoms with Crippen molar-refractivity contribution in [3.63, 3.8) is 0 Å². The van der Waals surface area contributed by atoms with Crippen LogP contribution in [0.25, 0.3) is 10.1 Å². The first kappa shape index (κ1) is 20.8. The number of nitrogens with one attached hydrogen (secondary N) is 1. The molecule has 7 heteroatoms. The summed E-state index contributed by atoms with van der Waals surface area (Å²) >= 11 is 7.65. The van der Waals surface area contributed by atoms with Crippen LogP contribution in [-0.2, 0) is 0 Å². The summed E-state index contributed by atoms with van der Waals surface area (Å²) in [4.78, 5) is 25.1. The monoisotopic (exact) mass is 448 g/mol. The molecule has 1 amide bonds. The van der Waals surface area contributed by atoms with Gasteiger partial charge in [-0.25, -0.2) is 10.2 Å². The lowest BCUT2D eigenvalue weighted by Gasteiger charge is -2.04. The van der Waals surface area contributed by atoms with E-state index >= 15 is 0 Å². The van der Waals surface area contributed by atoms with E-state index in [1.807, 2.05) is 43.3 Å². The molecular formula is C24H17ClN2O3S. The van der Waals surface area contributed by atoms with Crippen LogP contribution in [0.15, 0.2) is 77.9 Å². The molecule has 0 spiro atoms. The number of esters is 1. The number of rotatable bonds is 5. The molecule has 0 aliphatic carbocycles. The van der Waals surface area contributed by atoms with Gasteiger partial charge in [-0.2, -0.15) is 5.10 Å². The second-order valence-electron chi connectivity index (χ2n) is 6.77. The Balaban J connectivity index is 1.44. The van der Waals surface area contributed by atoms with Crippen molar-refractivity contribution in [2.45, 2.75) is 6.92 Å². The van der Waals surface area contributed by atoms with Gasteiger partial charge in [-0.1, -0.05) is 59.6 Å². The Morgan fingerprint density at radius 2 is 1.84 bits per heavy atom. The van der Waals surface area contributed by atoms with E-state index in [1.54, 1.807) is 36.4 Å². The largest absolute Gasteiger partial charge is 0.422 e. The van der Waals surface area contributed by atoms with Crippen LogP contribution in [0.1, 0.15) is 31.2 Å². The summed E-state index contributed by atoms with van der Waals surface area (Å²) in [5.74, 6) is -0.470. The van der Waals surface area contributed by atoms with Gasteiger partial charge in [0.2, 0.25) is 0 Å². The van der Waals surface area contributed by atoms with Crippen LogP contribution < -0.4 is 10.2 Å². The van der Waals surface area contributed by atoms with Gasteiger partial charge in [0.25, 0.3) is 5.91 Å². The molecule has 3 aromatic carbocycles. The van der Waals surface area contributed by atoms with Gasteiger partial charge in [-0.3, -0.25) is 4.79 Å². The van der Waals surface area contributed by atoms with Crippen LogP contribution in [-0.4, -0.2) is 18.1 Å². The van der Waals surface area contributed by atoms with Gasteiger partial charge >= 0.3 is 5.97 Å². The highest BCUT2D eigenvalue weighted by Crippen LogP contribution is 2.35. The summed E-state index contributed by atoms with van der Waals surface area (Å²) in [6.45, 7) is 1.92. The van der Waals surface area contributed by atoms with Crippen molar-refractivity contribution < 1.29 is 14.3 Å². The summed E-state index contributed by atoms with van der Waals surface area (Å²) in [5, 5.41) is 5.20. The summed E-state index contributed by atoms with van der Waals surface area (Å²) in [7, 11) is 0. The van der Waals surface area contributed by atoms with Crippen LogP contribution in [0, 0.1) is 6.92 Å². The zero-order chi connectivity index (χ0) is 21.8. The molecule has 1 aromatic heterocycles. The van der Waals surface area contributed by atoms with E-state index in [0.29, 0.717) is 26.8 Å². The lowest BCUT2D eigenvalue weighted by molar-refractivity contribution is 0.0740. The molecule has 4 aromatic rings. The molecule has 0 atom stereocenters. The van der Waals surface area contributed by atoms with E-state index in [9.17, 15) is 9.59 Å². The lowest BCUT2D eigenvalue weighted by Crippen LogP contribution is -2.17. The fourth-order valence-electron chi connectivity index (χ4n) is 2.97. The van der Waals surface area contributed by atoms with Crippen LogP contribution in [0.4, 0.5) is 0 Å². The molecule has 0 aliphatic rings. The van der Waals surface area contributed by atoms with Crippen molar-refractivity contribution in [1.29, 1.82) is 0 Å². The minimum absolute atomic E-state index is 0.304. The van der Waals surface area contributed by atoms with Crippen molar-refractivity contribution in [1.82, 2.24) is 5.43 Å². The standard InChI is InChI=1S/C24H17ClN2O3S/c1-15-6-4-8-17(12-15)23(28)27-26-14-16-7-5-9-18(13-16)30-24(29)22-21(25)19-10-2-3-11-20(19)31-22/h2-14H,1H3,(H,27,28). The maximum Gasteiger partial charge on any atom is 0.355 e. The topological polar surface area (TPSA) is 67.8 Å². The Labute approximate surface area is 187 Å². The fourth-order valence-corrected chi connectivity index (χ4v) is 4.36. The van der Waals surface area contributed by atoms with Crippen molar-refractivity contribution in [3.8, 4) is 5.75 Å². The quantitative estimate of drug-likeness (QED) is 0.180. The van der Waals surface area contributed by atoms with E-state index in [4.69, 9.17) is 16.3 Å². The van der Waals surface area contributed by atoms with E-state index in [-0.39, 0.29) is 5.91 Å². The van der Waals surface area contributed by atoms with E-state index in [2.05, 4.69) is 10.5 Å². The Kier molecular flexibility index (Phi) is 6.11. The SMILES string of the molecule is Cc1cccc(C(=O)NN=Cc2cccc(OC(=O)c3sc4ccccc4c3Cl)c2)c1. The van der Waals surface area contributed by atoms with Crippen molar-refractivity contribution in [3.05, 3.63) is 99.4 Å². The number of fused-ring (bicyclic) bond motifs is 1. The summed E-state index contributed by atoms with van der Waals surface area (Å²) < 4.78 is 6.42. The third-order valence-corrected chi connectivity index (χ3v) is 6.10. The predicted molar refractivity (Wildman–Crippen MR) is 124 cm³/mol. The van der Waals surface area contributed by atoms with Gasteiger partial charge < -0.3 is 4.74 Å². The molecular weight excluding hydrogens is 432 g/mol. The van der Waals surface area contributed by atoms with Gasteiger partial charge in [-0.05, 0) is 42.8 Å². The van der Waals surface area contributed by atoms with E-state index in [1.165, 1.54) is 17.6 Å². The Morgan fingerprint density at radius 3 is 2.65 bits per heavy atom. The first-order valence-corrected chi connectivity index (χ1v) is 10.6. The number of halogens is 1. The smallest absolute Gasteiger partial charge is 0.355 e. The minimum Gasteiger partial charge on any atom is -0.422 e. The van der Waals surface area contributed by atoms with Crippen LogP contribution in [0.5, 0.6) is 5.75 Å². The highest BCUT2D eigenvalue weighted by Gasteiger charge is 2.19. The maximum atomic E-state index is 12.6. The van der Waals surface area contributed by atoms with Gasteiger partial charge in [0, 0.05) is 15.6 Å². The van der Waals surface area contributed by atoms with Gasteiger partial charge in [0.15, 0.2) is 0 Å². The molecule has 4 rings (SSSR count). The molecule has 154 valence electrons. The van der Waals surface area contributed by atoms with E-state index in [0.717, 1.165) is 15.6 Å². The maximum absolute atomic E-state index is 12.6. The molecule has 1 N–H and O–H groups in total. The molecule has 31 heavy (non-hydrogen) atoms. The zero-order valence-electron chi connectivity index (χ0n) is 16.5. The Hall–Kier alpha value is -3.48. The molecule has 1 heterocycles. The third-order valence-electron chi connectivity index (χ3n) is 4.45. The number of aryl methyl sites for hydroxylation is 1. The molecule has 0 fully saturated rings. The normalized spacial score (nSPS) is 11.0. The average Bonchev–Trinajstić information content (AvgIpc) is 3.11. The van der Waals surface area contributed by atoms with Crippen LogP contribution >= 0.6 is 22.9 Å². The Morgan fingerprint density at radius 1 is 1.03 bits per heavy atom. The molecule has 0 unspecified atom stereocenters. The van der Waals surface area contributed by atoms with E-state index < -0.39 is 5.97 Å². The van der Waals surface area contributed by atoms with Crippen molar-refractivity contribution in [2.75, 3.05) is 0 Å². The fraction of sp³-hybridized carbons (Fsp3) is 0.0417. The van der Waals surface area contributed by atoms with Crippen molar-refractivity contribution >= 4 is 51.1 Å². The average molecular weight is 449 g/mol. The molecule has 5 nitrogen and oxygen atoms in total. The number of hydrazone groups is 1. The second kappa shape index (κ2) is 9.12. The first-order chi connectivity index (χ1) is 15.0. The number of carbonyl (C=O) groups excluding carboxylic acids is 2. The number of thiophene rings is 1. The number of nitrogens with zero attached hydrogens (tertiary/aromatic N) is 1. The van der Waals surface area contributed by atoms with Crippen molar-refractivity contribution in [2.24, 2.45) is 5.10 Å². The number of hydrogen-bond donors (Lipinski definition) is 1. The lowest BCUT2D eigenvalue weighted by atomic mass is 10.1. The second-order valence-corrected chi connectivity index (χ2v) is 8.20. The number of hydrogen-bond acceptors (Lipinski definition) is 5. The van der Waals surface area contributed by atoms with Gasteiger partial charge in [-0.15, -0.1) is 11.3 Å². The predicted octanol–water partition coefficient (Wildman–Crippen LogP) is 5.85. The summed E-state index contributed by atoms with van der Waals surface area (Å²) in [5.41, 5.74) is 4.67. The minimum atomic E-state index is -0.520. The van der Waals surface area contributed by atoms with Gasteiger partial charge in [0.05, 0.1) is 11.2 Å². The number of benzene rings is 3. The number of carbonyl (C=O) groups is 2. The van der Waals surface area contributed by atoms with Gasteiger partial charge in [0.1, 0.15) is 10.6 Å². The molecule has 0 bridgehead atoms. The number of amides is 1. The third kappa shape index (κ3) is 4.82. The molecule has 0 saturated heterocycles. The van der Waals surface area contributed by atoms with Crippen LogP contribution in [0.3, 0.4) is 0 Å². The van der Waals surface area contributed by atoms with Crippen LogP contribution in [0.2, 0.25) is 5.02 Å². The Bertz CT molecular complexity index is 1310. The summed E-state index contributed by atoms with van der Waals surface area (Å²) in [6.07, 6.45) is 1.48. The molecule has 0 saturated carbocycles.